The minimum absolute atomic E-state index is 0. The van der Waals surface area contributed by atoms with Crippen molar-refractivity contribution in [2.75, 3.05) is 19.7 Å². The van der Waals surface area contributed by atoms with Crippen molar-refractivity contribution in [1.29, 1.82) is 0 Å². The highest BCUT2D eigenvalue weighted by atomic mass is 127. The van der Waals surface area contributed by atoms with E-state index in [0.717, 1.165) is 45.0 Å². The molecule has 0 amide bonds. The first-order chi connectivity index (χ1) is 15.8. The van der Waals surface area contributed by atoms with Gasteiger partial charge in [-0.1, -0.05) is 54.6 Å². The molecule has 6 nitrogen and oxygen atoms in total. The Balaban J connectivity index is 0.00000306. The second-order valence-electron chi connectivity index (χ2n) is 8.15. The lowest BCUT2D eigenvalue weighted by Crippen LogP contribution is -2.42. The van der Waals surface area contributed by atoms with Gasteiger partial charge < -0.3 is 15.4 Å². The number of nitrogens with one attached hydrogen (secondary N) is 2. The fourth-order valence-corrected chi connectivity index (χ4v) is 4.23. The third kappa shape index (κ3) is 7.30. The van der Waals surface area contributed by atoms with Gasteiger partial charge in [0.25, 0.3) is 0 Å². The summed E-state index contributed by atoms with van der Waals surface area (Å²) < 4.78 is 8.10. The zero-order chi connectivity index (χ0) is 22.0. The van der Waals surface area contributed by atoms with Gasteiger partial charge in [0, 0.05) is 38.0 Å². The van der Waals surface area contributed by atoms with E-state index in [1.165, 1.54) is 16.7 Å². The van der Waals surface area contributed by atoms with Crippen LogP contribution in [0.25, 0.3) is 0 Å². The van der Waals surface area contributed by atoms with E-state index in [1.807, 2.05) is 23.1 Å². The first-order valence-corrected chi connectivity index (χ1v) is 11.6. The Morgan fingerprint density at radius 2 is 1.85 bits per heavy atom. The monoisotopic (exact) mass is 559 g/mol. The van der Waals surface area contributed by atoms with Crippen LogP contribution < -0.4 is 10.6 Å². The van der Waals surface area contributed by atoms with Crippen molar-refractivity contribution in [3.05, 3.63) is 89.7 Å². The highest BCUT2D eigenvalue weighted by Crippen LogP contribution is 2.33. The standard InChI is InChI=1S/C26H33N5O.HI/c1-2-27-26(28-18-22-12-6-7-13-24(22)20-31-16-9-15-30-31)29-19-23-14-8-17-32-25(23)21-10-4-3-5-11-21;/h3-7,9-13,15-16,23,25H,2,8,14,17-20H2,1H3,(H2,27,28,29);1H. The summed E-state index contributed by atoms with van der Waals surface area (Å²) in [5.74, 6) is 1.26. The molecular formula is C26H34IN5O. The average Bonchev–Trinajstić information content (AvgIpc) is 3.36. The summed E-state index contributed by atoms with van der Waals surface area (Å²) in [6.07, 6.45) is 6.19. The third-order valence-corrected chi connectivity index (χ3v) is 5.87. The Kier molecular flexibility index (Phi) is 10.2. The topological polar surface area (TPSA) is 63.5 Å². The average molecular weight is 559 g/mol. The summed E-state index contributed by atoms with van der Waals surface area (Å²) in [6.45, 7) is 5.96. The Labute approximate surface area is 213 Å². The van der Waals surface area contributed by atoms with E-state index in [9.17, 15) is 0 Å². The fraction of sp³-hybridized carbons (Fsp3) is 0.385. The molecular weight excluding hydrogens is 525 g/mol. The van der Waals surface area contributed by atoms with Crippen LogP contribution in [-0.2, 0) is 17.8 Å². The summed E-state index contributed by atoms with van der Waals surface area (Å²) in [5, 5.41) is 11.3. The van der Waals surface area contributed by atoms with Crippen molar-refractivity contribution in [3.63, 3.8) is 0 Å². The fourth-order valence-electron chi connectivity index (χ4n) is 4.23. The zero-order valence-corrected chi connectivity index (χ0v) is 21.5. The second-order valence-corrected chi connectivity index (χ2v) is 8.15. The van der Waals surface area contributed by atoms with Gasteiger partial charge in [0.1, 0.15) is 0 Å². The summed E-state index contributed by atoms with van der Waals surface area (Å²) in [6, 6.07) is 20.9. The number of halogens is 1. The van der Waals surface area contributed by atoms with Gasteiger partial charge in [-0.2, -0.15) is 5.10 Å². The van der Waals surface area contributed by atoms with E-state index in [-0.39, 0.29) is 30.1 Å². The quantitative estimate of drug-likeness (QED) is 0.237. The first-order valence-electron chi connectivity index (χ1n) is 11.6. The molecule has 176 valence electrons. The minimum atomic E-state index is 0. The number of hydrogen-bond acceptors (Lipinski definition) is 3. The third-order valence-electron chi connectivity index (χ3n) is 5.87. The predicted octanol–water partition coefficient (Wildman–Crippen LogP) is 4.77. The molecule has 1 fully saturated rings. The molecule has 4 rings (SSSR count). The van der Waals surface area contributed by atoms with Crippen molar-refractivity contribution < 1.29 is 4.74 Å². The largest absolute Gasteiger partial charge is 0.373 e. The van der Waals surface area contributed by atoms with Crippen molar-refractivity contribution >= 4 is 29.9 Å². The minimum Gasteiger partial charge on any atom is -0.373 e. The van der Waals surface area contributed by atoms with Crippen LogP contribution in [0.5, 0.6) is 0 Å². The van der Waals surface area contributed by atoms with Crippen LogP contribution in [0.3, 0.4) is 0 Å². The van der Waals surface area contributed by atoms with E-state index in [2.05, 4.69) is 77.3 Å². The van der Waals surface area contributed by atoms with E-state index >= 15 is 0 Å². The molecule has 3 aromatic rings. The number of benzene rings is 2. The number of nitrogens with zero attached hydrogens (tertiary/aromatic N) is 3. The molecule has 1 saturated heterocycles. The molecule has 7 heteroatoms. The SMILES string of the molecule is CCNC(=NCc1ccccc1Cn1cccn1)NCC1CCCOC1c1ccccc1.I. The van der Waals surface area contributed by atoms with Crippen LogP contribution in [-0.4, -0.2) is 35.4 Å². The van der Waals surface area contributed by atoms with Crippen molar-refractivity contribution in [3.8, 4) is 0 Å². The van der Waals surface area contributed by atoms with Crippen LogP contribution in [0.2, 0.25) is 0 Å². The summed E-state index contributed by atoms with van der Waals surface area (Å²) >= 11 is 0. The zero-order valence-electron chi connectivity index (χ0n) is 19.2. The maximum Gasteiger partial charge on any atom is 0.191 e. The van der Waals surface area contributed by atoms with Crippen LogP contribution in [0, 0.1) is 5.92 Å². The smallest absolute Gasteiger partial charge is 0.191 e. The van der Waals surface area contributed by atoms with Crippen LogP contribution in [0.15, 0.2) is 78.0 Å². The normalized spacial score (nSPS) is 18.4. The molecule has 2 heterocycles. The van der Waals surface area contributed by atoms with Gasteiger partial charge in [-0.25, -0.2) is 4.99 Å². The van der Waals surface area contributed by atoms with Crippen molar-refractivity contribution in [2.45, 2.75) is 39.0 Å². The second kappa shape index (κ2) is 13.3. The molecule has 0 saturated carbocycles. The lowest BCUT2D eigenvalue weighted by Gasteiger charge is -2.32. The highest BCUT2D eigenvalue weighted by Gasteiger charge is 2.27. The Bertz CT molecular complexity index is 977. The number of guanidine groups is 1. The van der Waals surface area contributed by atoms with Gasteiger partial charge in [0.05, 0.1) is 19.2 Å². The van der Waals surface area contributed by atoms with Gasteiger partial charge in [-0.15, -0.1) is 24.0 Å². The molecule has 1 aliphatic rings. The maximum atomic E-state index is 6.16. The number of aromatic nitrogens is 2. The molecule has 0 aliphatic carbocycles. The summed E-state index contributed by atoms with van der Waals surface area (Å²) in [4.78, 5) is 4.88. The van der Waals surface area contributed by atoms with E-state index in [4.69, 9.17) is 9.73 Å². The molecule has 2 atom stereocenters. The molecule has 1 aliphatic heterocycles. The lowest BCUT2D eigenvalue weighted by molar-refractivity contribution is -0.0265. The lowest BCUT2D eigenvalue weighted by atomic mass is 9.89. The van der Waals surface area contributed by atoms with E-state index in [1.54, 1.807) is 0 Å². The van der Waals surface area contributed by atoms with Crippen LogP contribution >= 0.6 is 24.0 Å². The molecule has 33 heavy (non-hydrogen) atoms. The Hall–Kier alpha value is -2.39. The molecule has 2 aromatic carbocycles. The Morgan fingerprint density at radius 1 is 1.06 bits per heavy atom. The first kappa shape index (κ1) is 25.2. The molecule has 0 bridgehead atoms. The molecule has 2 unspecified atom stereocenters. The number of hydrogen-bond donors (Lipinski definition) is 2. The van der Waals surface area contributed by atoms with Crippen LogP contribution in [0.1, 0.15) is 42.6 Å². The molecule has 2 N–H and O–H groups in total. The Morgan fingerprint density at radius 3 is 2.61 bits per heavy atom. The molecule has 0 spiro atoms. The van der Waals surface area contributed by atoms with E-state index in [0.29, 0.717) is 12.5 Å². The van der Waals surface area contributed by atoms with Gasteiger partial charge in [0.2, 0.25) is 0 Å². The molecule has 0 radical (unpaired) electrons. The van der Waals surface area contributed by atoms with Crippen molar-refractivity contribution in [2.24, 2.45) is 10.9 Å². The van der Waals surface area contributed by atoms with Gasteiger partial charge in [-0.3, -0.25) is 4.68 Å². The predicted molar refractivity (Wildman–Crippen MR) is 144 cm³/mol. The summed E-state index contributed by atoms with van der Waals surface area (Å²) in [7, 11) is 0. The number of ether oxygens (including phenoxy) is 1. The van der Waals surface area contributed by atoms with E-state index < -0.39 is 0 Å². The maximum absolute atomic E-state index is 6.16. The van der Waals surface area contributed by atoms with Gasteiger partial charge >= 0.3 is 0 Å². The number of rotatable bonds is 8. The molecule has 1 aromatic heterocycles. The van der Waals surface area contributed by atoms with Crippen LogP contribution in [0.4, 0.5) is 0 Å². The number of aliphatic imine (C=N–C) groups is 1. The summed E-state index contributed by atoms with van der Waals surface area (Å²) in [5.41, 5.74) is 3.71. The van der Waals surface area contributed by atoms with Crippen molar-refractivity contribution in [1.82, 2.24) is 20.4 Å². The highest BCUT2D eigenvalue weighted by molar-refractivity contribution is 14.0. The van der Waals surface area contributed by atoms with Gasteiger partial charge in [-0.05, 0) is 42.5 Å². The van der Waals surface area contributed by atoms with Gasteiger partial charge in [0.15, 0.2) is 5.96 Å².